The maximum absolute atomic E-state index is 10.7. The summed E-state index contributed by atoms with van der Waals surface area (Å²) in [5, 5.41) is 17.5. The van der Waals surface area contributed by atoms with Crippen LogP contribution in [-0.4, -0.2) is 41.7 Å². The Hall–Kier alpha value is -2.06. The number of carboxylic acids is 1. The quantitative estimate of drug-likeness (QED) is 0.810. The fourth-order valence-electron chi connectivity index (χ4n) is 1.60. The molecule has 19 heavy (non-hydrogen) atoms. The van der Waals surface area contributed by atoms with Crippen LogP contribution < -0.4 is 4.74 Å². The molecule has 0 saturated heterocycles. The highest BCUT2D eigenvalue weighted by Gasteiger charge is 2.12. The number of rotatable bonds is 7. The van der Waals surface area contributed by atoms with Crippen LogP contribution in [0.5, 0.6) is 5.75 Å². The van der Waals surface area contributed by atoms with E-state index < -0.39 is 5.97 Å². The van der Waals surface area contributed by atoms with Crippen LogP contribution in [-0.2, 0) is 4.79 Å². The molecule has 0 spiro atoms. The molecule has 0 atom stereocenters. The molecule has 1 aromatic rings. The summed E-state index contributed by atoms with van der Waals surface area (Å²) in [5.41, 5.74) is 0.585. The summed E-state index contributed by atoms with van der Waals surface area (Å²) in [7, 11) is 0. The largest absolute Gasteiger partial charge is 0.492 e. The smallest absolute Gasteiger partial charge is 0.317 e. The van der Waals surface area contributed by atoms with Crippen molar-refractivity contribution >= 4 is 5.97 Å². The van der Waals surface area contributed by atoms with Crippen molar-refractivity contribution in [2.75, 3.05) is 19.7 Å². The number of carboxylic acid groups (broad SMARTS) is 1. The van der Waals surface area contributed by atoms with E-state index in [0.717, 1.165) is 0 Å². The Morgan fingerprint density at radius 2 is 2.05 bits per heavy atom. The molecule has 1 aromatic carbocycles. The zero-order valence-corrected chi connectivity index (χ0v) is 11.2. The number of carbonyl (C=O) groups is 1. The van der Waals surface area contributed by atoms with Crippen molar-refractivity contribution in [2.24, 2.45) is 0 Å². The lowest BCUT2D eigenvalue weighted by Gasteiger charge is -2.24. The lowest BCUT2D eigenvalue weighted by atomic mass is 10.2. The van der Waals surface area contributed by atoms with Gasteiger partial charge in [-0.05, 0) is 38.1 Å². The summed E-state index contributed by atoms with van der Waals surface area (Å²) in [4.78, 5) is 12.5. The number of aliphatic carboxylic acids is 1. The third-order valence-electron chi connectivity index (χ3n) is 2.70. The minimum Gasteiger partial charge on any atom is -0.492 e. The normalized spacial score (nSPS) is 10.5. The first-order valence-corrected chi connectivity index (χ1v) is 6.11. The van der Waals surface area contributed by atoms with Gasteiger partial charge < -0.3 is 9.84 Å². The predicted molar refractivity (Wildman–Crippen MR) is 71.0 cm³/mol. The van der Waals surface area contributed by atoms with Crippen molar-refractivity contribution in [3.63, 3.8) is 0 Å². The monoisotopic (exact) mass is 262 g/mol. The number of ether oxygens (including phenoxy) is 1. The molecule has 1 rings (SSSR count). The van der Waals surface area contributed by atoms with Crippen LogP contribution in [0.1, 0.15) is 19.4 Å². The van der Waals surface area contributed by atoms with Gasteiger partial charge in [0.05, 0.1) is 18.2 Å². The molecule has 5 heteroatoms. The van der Waals surface area contributed by atoms with Gasteiger partial charge in [0.25, 0.3) is 0 Å². The Labute approximate surface area is 113 Å². The summed E-state index contributed by atoms with van der Waals surface area (Å²) in [5.74, 6) is -0.162. The van der Waals surface area contributed by atoms with Gasteiger partial charge in [-0.25, -0.2) is 0 Å². The second-order valence-electron chi connectivity index (χ2n) is 4.44. The average Bonchev–Trinajstić information content (AvgIpc) is 2.37. The van der Waals surface area contributed by atoms with Crippen molar-refractivity contribution in [2.45, 2.75) is 19.9 Å². The van der Waals surface area contributed by atoms with Crippen LogP contribution in [0.3, 0.4) is 0 Å². The van der Waals surface area contributed by atoms with E-state index in [1.807, 2.05) is 24.8 Å². The molecule has 0 bridgehead atoms. The number of hydrogen-bond donors (Lipinski definition) is 1. The molecule has 5 nitrogen and oxygen atoms in total. The standard InChI is InChI=1S/C14H18N2O3/c1-11(2)16(10-14(17)18)7-8-19-13-5-3-12(9-15)4-6-13/h3-6,11H,7-8,10H2,1-2H3,(H,17,18). The minimum absolute atomic E-state index is 0.00833. The second-order valence-corrected chi connectivity index (χ2v) is 4.44. The van der Waals surface area contributed by atoms with Gasteiger partial charge in [0, 0.05) is 12.6 Å². The number of nitrogens with zero attached hydrogens (tertiary/aromatic N) is 2. The molecule has 0 aromatic heterocycles. The van der Waals surface area contributed by atoms with Gasteiger partial charge in [-0.15, -0.1) is 0 Å². The van der Waals surface area contributed by atoms with Gasteiger partial charge in [0.2, 0.25) is 0 Å². The lowest BCUT2D eigenvalue weighted by Crippen LogP contribution is -2.38. The maximum Gasteiger partial charge on any atom is 0.317 e. The molecule has 102 valence electrons. The minimum atomic E-state index is -0.841. The molecule has 0 unspecified atom stereocenters. The van der Waals surface area contributed by atoms with E-state index in [4.69, 9.17) is 15.1 Å². The van der Waals surface area contributed by atoms with Crippen molar-refractivity contribution in [3.05, 3.63) is 29.8 Å². The summed E-state index contributed by atoms with van der Waals surface area (Å²) in [6.45, 7) is 4.87. The molecule has 0 radical (unpaired) electrons. The highest BCUT2D eigenvalue weighted by atomic mass is 16.5. The van der Waals surface area contributed by atoms with E-state index in [9.17, 15) is 4.79 Å². The number of benzene rings is 1. The molecule has 0 saturated carbocycles. The van der Waals surface area contributed by atoms with Gasteiger partial charge in [-0.1, -0.05) is 0 Å². The van der Waals surface area contributed by atoms with Crippen molar-refractivity contribution in [1.29, 1.82) is 5.26 Å². The lowest BCUT2D eigenvalue weighted by molar-refractivity contribution is -0.138. The molecule has 0 amide bonds. The van der Waals surface area contributed by atoms with E-state index in [1.165, 1.54) is 0 Å². The van der Waals surface area contributed by atoms with Gasteiger partial charge in [0.15, 0.2) is 0 Å². The highest BCUT2D eigenvalue weighted by Crippen LogP contribution is 2.11. The summed E-state index contributed by atoms with van der Waals surface area (Å²) >= 11 is 0. The molecule has 0 heterocycles. The molecular formula is C14H18N2O3. The van der Waals surface area contributed by atoms with E-state index in [0.29, 0.717) is 24.5 Å². The Balaban J connectivity index is 2.43. The molecular weight excluding hydrogens is 244 g/mol. The van der Waals surface area contributed by atoms with E-state index >= 15 is 0 Å². The highest BCUT2D eigenvalue weighted by molar-refractivity contribution is 5.69. The fourth-order valence-corrected chi connectivity index (χ4v) is 1.60. The molecule has 0 fully saturated rings. The van der Waals surface area contributed by atoms with Crippen LogP contribution >= 0.6 is 0 Å². The molecule has 1 N–H and O–H groups in total. The molecule has 0 aliphatic rings. The van der Waals surface area contributed by atoms with Gasteiger partial charge in [0.1, 0.15) is 12.4 Å². The molecule has 0 aliphatic heterocycles. The number of hydrogen-bond acceptors (Lipinski definition) is 4. The zero-order valence-electron chi connectivity index (χ0n) is 11.2. The molecule has 0 aliphatic carbocycles. The Kier molecular flexibility index (Phi) is 5.83. The zero-order chi connectivity index (χ0) is 14.3. The van der Waals surface area contributed by atoms with Gasteiger partial charge in [-0.3, -0.25) is 9.69 Å². The maximum atomic E-state index is 10.7. The predicted octanol–water partition coefficient (Wildman–Crippen LogP) is 1.73. The third kappa shape index (κ3) is 5.40. The van der Waals surface area contributed by atoms with Crippen LogP contribution in [0.2, 0.25) is 0 Å². The summed E-state index contributed by atoms with van der Waals surface area (Å²) < 4.78 is 5.52. The number of nitriles is 1. The first-order valence-electron chi connectivity index (χ1n) is 6.11. The average molecular weight is 262 g/mol. The van der Waals surface area contributed by atoms with Gasteiger partial charge in [-0.2, -0.15) is 5.26 Å². The van der Waals surface area contributed by atoms with Crippen molar-refractivity contribution < 1.29 is 14.6 Å². The summed E-state index contributed by atoms with van der Waals surface area (Å²) in [6, 6.07) is 9.03. The van der Waals surface area contributed by atoms with Gasteiger partial charge >= 0.3 is 5.97 Å². The van der Waals surface area contributed by atoms with Crippen LogP contribution in [0.25, 0.3) is 0 Å². The Bertz CT molecular complexity index is 449. The van der Waals surface area contributed by atoms with E-state index in [2.05, 4.69) is 0 Å². The first-order chi connectivity index (χ1) is 9.02. The van der Waals surface area contributed by atoms with E-state index in [-0.39, 0.29) is 12.6 Å². The summed E-state index contributed by atoms with van der Waals surface area (Å²) in [6.07, 6.45) is 0. The van der Waals surface area contributed by atoms with Crippen molar-refractivity contribution in [1.82, 2.24) is 4.90 Å². The topological polar surface area (TPSA) is 73.6 Å². The van der Waals surface area contributed by atoms with Crippen LogP contribution in [0.15, 0.2) is 24.3 Å². The SMILES string of the molecule is CC(C)N(CCOc1ccc(C#N)cc1)CC(=O)O. The van der Waals surface area contributed by atoms with Crippen LogP contribution in [0.4, 0.5) is 0 Å². The van der Waals surface area contributed by atoms with Crippen molar-refractivity contribution in [3.8, 4) is 11.8 Å². The van der Waals surface area contributed by atoms with E-state index in [1.54, 1.807) is 24.3 Å². The first kappa shape index (κ1) is 15.0. The van der Waals surface area contributed by atoms with Crippen LogP contribution in [0, 0.1) is 11.3 Å². The Morgan fingerprint density at radius 3 is 2.53 bits per heavy atom. The second kappa shape index (κ2) is 7.39. The Morgan fingerprint density at radius 1 is 1.42 bits per heavy atom. The fraction of sp³-hybridized carbons (Fsp3) is 0.429. The third-order valence-corrected chi connectivity index (χ3v) is 2.70.